The SMILES string of the molecule is CN1CCN(Cc2ccc(-c3ccc(COC4CCN(C)C4)cc3)cc2C(F)(F)F)CC1. The Bertz CT molecular complexity index is 892. The maximum atomic E-state index is 13.9. The van der Waals surface area contributed by atoms with E-state index in [1.807, 2.05) is 31.3 Å². The molecule has 2 heterocycles. The molecule has 2 aliphatic rings. The summed E-state index contributed by atoms with van der Waals surface area (Å²) in [6, 6.07) is 12.4. The van der Waals surface area contributed by atoms with Gasteiger partial charge in [0.25, 0.3) is 0 Å². The van der Waals surface area contributed by atoms with E-state index in [-0.39, 0.29) is 6.10 Å². The van der Waals surface area contributed by atoms with Crippen molar-refractivity contribution in [1.82, 2.24) is 14.7 Å². The summed E-state index contributed by atoms with van der Waals surface area (Å²) in [5.41, 5.74) is 2.21. The van der Waals surface area contributed by atoms with Crippen LogP contribution in [-0.2, 0) is 24.1 Å². The van der Waals surface area contributed by atoms with E-state index in [0.717, 1.165) is 56.8 Å². The molecule has 0 amide bonds. The third-order valence-electron chi connectivity index (χ3n) is 6.53. The summed E-state index contributed by atoms with van der Waals surface area (Å²) in [7, 11) is 4.13. The molecule has 0 bridgehead atoms. The lowest BCUT2D eigenvalue weighted by atomic mass is 9.97. The van der Waals surface area contributed by atoms with Crippen molar-refractivity contribution in [2.45, 2.75) is 31.9 Å². The van der Waals surface area contributed by atoms with Gasteiger partial charge in [-0.25, -0.2) is 0 Å². The summed E-state index contributed by atoms with van der Waals surface area (Å²) in [6.07, 6.45) is -3.09. The van der Waals surface area contributed by atoms with E-state index in [1.54, 1.807) is 12.1 Å². The van der Waals surface area contributed by atoms with Crippen LogP contribution in [0.4, 0.5) is 13.2 Å². The Balaban J connectivity index is 1.45. The molecule has 0 spiro atoms. The van der Waals surface area contributed by atoms with Crippen molar-refractivity contribution in [3.63, 3.8) is 0 Å². The van der Waals surface area contributed by atoms with Crippen LogP contribution in [0.2, 0.25) is 0 Å². The van der Waals surface area contributed by atoms with Crippen LogP contribution < -0.4 is 0 Å². The smallest absolute Gasteiger partial charge is 0.372 e. The first-order valence-corrected chi connectivity index (χ1v) is 11.3. The second-order valence-corrected chi connectivity index (χ2v) is 9.13. The number of halogens is 3. The third-order valence-corrected chi connectivity index (χ3v) is 6.53. The molecule has 1 atom stereocenters. The summed E-state index contributed by atoms with van der Waals surface area (Å²) in [4.78, 5) is 6.55. The van der Waals surface area contributed by atoms with E-state index in [4.69, 9.17) is 4.74 Å². The van der Waals surface area contributed by atoms with Crippen molar-refractivity contribution in [1.29, 1.82) is 0 Å². The second-order valence-electron chi connectivity index (χ2n) is 9.13. The first-order valence-electron chi connectivity index (χ1n) is 11.3. The number of alkyl halides is 3. The van der Waals surface area contributed by atoms with Crippen molar-refractivity contribution in [2.75, 3.05) is 53.4 Å². The van der Waals surface area contributed by atoms with Crippen LogP contribution in [-0.4, -0.2) is 74.2 Å². The predicted octanol–water partition coefficient (Wildman–Crippen LogP) is 4.34. The first kappa shape index (κ1) is 23.2. The zero-order valence-corrected chi connectivity index (χ0v) is 18.9. The molecular formula is C25H32F3N3O. The highest BCUT2D eigenvalue weighted by Gasteiger charge is 2.34. The topological polar surface area (TPSA) is 19.0 Å². The Morgan fingerprint density at radius 3 is 2.19 bits per heavy atom. The van der Waals surface area contributed by atoms with E-state index < -0.39 is 11.7 Å². The molecule has 0 N–H and O–H groups in total. The quantitative estimate of drug-likeness (QED) is 0.656. The van der Waals surface area contributed by atoms with Crippen LogP contribution in [0.5, 0.6) is 0 Å². The van der Waals surface area contributed by atoms with Crippen LogP contribution in [0.15, 0.2) is 42.5 Å². The lowest BCUT2D eigenvalue weighted by Gasteiger charge is -2.33. The van der Waals surface area contributed by atoms with Gasteiger partial charge in [-0.2, -0.15) is 13.2 Å². The fraction of sp³-hybridized carbons (Fsp3) is 0.520. The second kappa shape index (κ2) is 9.91. The molecule has 4 rings (SSSR count). The molecule has 2 aliphatic heterocycles. The number of piperazine rings is 1. The van der Waals surface area contributed by atoms with Gasteiger partial charge in [-0.05, 0) is 48.8 Å². The van der Waals surface area contributed by atoms with Crippen LogP contribution in [0, 0.1) is 0 Å². The highest BCUT2D eigenvalue weighted by molar-refractivity contribution is 5.65. The predicted molar refractivity (Wildman–Crippen MR) is 120 cm³/mol. The lowest BCUT2D eigenvalue weighted by Crippen LogP contribution is -2.44. The highest BCUT2D eigenvalue weighted by atomic mass is 19.4. The Hall–Kier alpha value is -1.93. The van der Waals surface area contributed by atoms with Gasteiger partial charge >= 0.3 is 6.18 Å². The number of likely N-dealkylation sites (tertiary alicyclic amines) is 1. The number of likely N-dealkylation sites (N-methyl/N-ethyl adjacent to an activating group) is 2. The van der Waals surface area contributed by atoms with Gasteiger partial charge in [0, 0.05) is 45.8 Å². The molecule has 0 aliphatic carbocycles. The van der Waals surface area contributed by atoms with Crippen molar-refractivity contribution < 1.29 is 17.9 Å². The minimum Gasteiger partial charge on any atom is -0.372 e. The number of hydrogen-bond donors (Lipinski definition) is 0. The van der Waals surface area contributed by atoms with Gasteiger partial charge in [-0.3, -0.25) is 4.90 Å². The largest absolute Gasteiger partial charge is 0.416 e. The molecule has 2 fully saturated rings. The molecule has 2 aromatic rings. The third kappa shape index (κ3) is 5.90. The summed E-state index contributed by atoms with van der Waals surface area (Å²) >= 11 is 0. The van der Waals surface area contributed by atoms with Crippen LogP contribution in [0.3, 0.4) is 0 Å². The van der Waals surface area contributed by atoms with Crippen molar-refractivity contribution in [3.8, 4) is 11.1 Å². The van der Waals surface area contributed by atoms with Crippen molar-refractivity contribution in [2.24, 2.45) is 0 Å². The van der Waals surface area contributed by atoms with Crippen LogP contribution >= 0.6 is 0 Å². The summed E-state index contributed by atoms with van der Waals surface area (Å²) in [5, 5.41) is 0. The number of benzene rings is 2. The van der Waals surface area contributed by atoms with E-state index >= 15 is 0 Å². The Morgan fingerprint density at radius 1 is 0.875 bits per heavy atom. The maximum absolute atomic E-state index is 13.9. The summed E-state index contributed by atoms with van der Waals surface area (Å²) < 4.78 is 47.5. The van der Waals surface area contributed by atoms with Crippen molar-refractivity contribution in [3.05, 3.63) is 59.2 Å². The molecule has 0 saturated carbocycles. The first-order chi connectivity index (χ1) is 15.3. The summed E-state index contributed by atoms with van der Waals surface area (Å²) in [5.74, 6) is 0. The average Bonchev–Trinajstić information content (AvgIpc) is 3.19. The molecule has 7 heteroatoms. The van der Waals surface area contributed by atoms with E-state index in [1.165, 1.54) is 6.07 Å². The normalized spacial score (nSPS) is 21.3. The Kier molecular flexibility index (Phi) is 7.20. The molecule has 174 valence electrons. The molecule has 2 aromatic carbocycles. The fourth-order valence-corrected chi connectivity index (χ4v) is 4.44. The van der Waals surface area contributed by atoms with Crippen molar-refractivity contribution >= 4 is 0 Å². The minimum atomic E-state index is -4.37. The van der Waals surface area contributed by atoms with Gasteiger partial charge < -0.3 is 14.5 Å². The molecule has 4 nitrogen and oxygen atoms in total. The molecule has 1 unspecified atom stereocenters. The number of nitrogens with zero attached hydrogens (tertiary/aromatic N) is 3. The van der Waals surface area contributed by atoms with Crippen LogP contribution in [0.1, 0.15) is 23.1 Å². The number of rotatable bonds is 6. The lowest BCUT2D eigenvalue weighted by molar-refractivity contribution is -0.138. The Labute approximate surface area is 188 Å². The van der Waals surface area contributed by atoms with Gasteiger partial charge in [0.1, 0.15) is 0 Å². The van der Waals surface area contributed by atoms with E-state index in [9.17, 15) is 13.2 Å². The molecule has 2 saturated heterocycles. The fourth-order valence-electron chi connectivity index (χ4n) is 4.44. The average molecular weight is 448 g/mol. The molecule has 0 aromatic heterocycles. The zero-order valence-electron chi connectivity index (χ0n) is 18.9. The van der Waals surface area contributed by atoms with Gasteiger partial charge in [0.05, 0.1) is 18.3 Å². The molecular weight excluding hydrogens is 415 g/mol. The minimum absolute atomic E-state index is 0.252. The van der Waals surface area contributed by atoms with E-state index in [0.29, 0.717) is 24.3 Å². The monoisotopic (exact) mass is 447 g/mol. The molecule has 32 heavy (non-hydrogen) atoms. The number of ether oxygens (including phenoxy) is 1. The van der Waals surface area contributed by atoms with Gasteiger partial charge in [-0.15, -0.1) is 0 Å². The molecule has 0 radical (unpaired) electrons. The van der Waals surface area contributed by atoms with Gasteiger partial charge in [0.15, 0.2) is 0 Å². The zero-order chi connectivity index (χ0) is 22.7. The van der Waals surface area contributed by atoms with E-state index in [2.05, 4.69) is 21.7 Å². The van der Waals surface area contributed by atoms with Crippen LogP contribution in [0.25, 0.3) is 11.1 Å². The van der Waals surface area contributed by atoms with Gasteiger partial charge in [0.2, 0.25) is 0 Å². The standard InChI is InChI=1S/C25H32F3N3O/c1-29-11-13-31(14-12-29)16-22-8-7-21(15-24(22)25(26,27)28)20-5-3-19(4-6-20)18-32-23-9-10-30(2)17-23/h3-8,15,23H,9-14,16-18H2,1-2H3. The Morgan fingerprint density at radius 2 is 1.56 bits per heavy atom. The highest BCUT2D eigenvalue weighted by Crippen LogP contribution is 2.36. The number of hydrogen-bond acceptors (Lipinski definition) is 4. The maximum Gasteiger partial charge on any atom is 0.416 e. The van der Waals surface area contributed by atoms with Gasteiger partial charge in [-0.1, -0.05) is 36.4 Å². The summed E-state index contributed by atoms with van der Waals surface area (Å²) in [6.45, 7) is 6.19.